The van der Waals surface area contributed by atoms with Crippen molar-refractivity contribution >= 4 is 5.97 Å². The third-order valence-corrected chi connectivity index (χ3v) is 7.72. The number of ether oxygens (including phenoxy) is 4. The Morgan fingerprint density at radius 3 is 2.74 bits per heavy atom. The molecule has 1 N–H and O–H groups in total. The molecule has 0 fully saturated rings. The Morgan fingerprint density at radius 2 is 1.91 bits per heavy atom. The van der Waals surface area contributed by atoms with Gasteiger partial charge in [-0.2, -0.15) is 5.26 Å². The van der Waals surface area contributed by atoms with Crippen LogP contribution >= 0.6 is 0 Å². The number of carbonyl (C=O) groups is 1. The van der Waals surface area contributed by atoms with Gasteiger partial charge in [-0.25, -0.2) is 0 Å². The second-order valence-corrected chi connectivity index (χ2v) is 10.6. The SMILES string of the molecule is Cc1c(COc2cc3c(c(OCc4cncc(C#N)c4)c2)CN(CC(=O)O)CC3)cccc1-c1ccc2c(c1)OCCO2. The van der Waals surface area contributed by atoms with Crippen LogP contribution in [0.3, 0.4) is 0 Å². The Balaban J connectivity index is 1.24. The Hall–Kier alpha value is -5.07. The summed E-state index contributed by atoms with van der Waals surface area (Å²) in [5, 5.41) is 18.6. The lowest BCUT2D eigenvalue weighted by atomic mass is 9.96. The van der Waals surface area contributed by atoms with Crippen LogP contribution in [0.15, 0.2) is 67.0 Å². The van der Waals surface area contributed by atoms with E-state index in [1.807, 2.05) is 41.3 Å². The lowest BCUT2D eigenvalue weighted by Gasteiger charge is -2.29. The van der Waals surface area contributed by atoms with Gasteiger partial charge in [0.1, 0.15) is 44.0 Å². The normalized spacial score (nSPS) is 14.0. The van der Waals surface area contributed by atoms with Crippen LogP contribution < -0.4 is 18.9 Å². The molecule has 3 heterocycles. The van der Waals surface area contributed by atoms with Crippen molar-refractivity contribution in [3.63, 3.8) is 0 Å². The van der Waals surface area contributed by atoms with E-state index < -0.39 is 5.97 Å². The lowest BCUT2D eigenvalue weighted by Crippen LogP contribution is -2.35. The van der Waals surface area contributed by atoms with Crippen molar-refractivity contribution < 1.29 is 28.8 Å². The Bertz CT molecular complexity index is 1710. The molecule has 0 spiro atoms. The van der Waals surface area contributed by atoms with Gasteiger partial charge in [0.05, 0.1) is 12.1 Å². The summed E-state index contributed by atoms with van der Waals surface area (Å²) in [6, 6.07) is 19.9. The van der Waals surface area contributed by atoms with Gasteiger partial charge in [-0.1, -0.05) is 24.3 Å². The van der Waals surface area contributed by atoms with Crippen LogP contribution in [0.5, 0.6) is 23.0 Å². The van der Waals surface area contributed by atoms with Crippen LogP contribution in [0.2, 0.25) is 0 Å². The Morgan fingerprint density at radius 1 is 1.05 bits per heavy atom. The molecule has 2 aliphatic rings. The largest absolute Gasteiger partial charge is 0.489 e. The number of carboxylic acids is 1. The standard InChI is InChI=1S/C34H31N3O6/c1-22-27(3-2-4-29(22)25-5-6-31-33(13-25)41-10-9-40-31)21-42-28-12-26-7-8-37(19-34(38)39)18-30(26)32(14-28)43-20-24-11-23(15-35)16-36-17-24/h2-6,11-14,16-17H,7-10,18-21H2,1H3,(H,38,39). The molecule has 218 valence electrons. The van der Waals surface area contributed by atoms with E-state index in [2.05, 4.69) is 30.1 Å². The summed E-state index contributed by atoms with van der Waals surface area (Å²) in [4.78, 5) is 17.4. The first-order valence-electron chi connectivity index (χ1n) is 14.1. The Kier molecular flexibility index (Phi) is 8.11. The number of nitriles is 1. The molecule has 1 aromatic heterocycles. The van der Waals surface area contributed by atoms with Crippen molar-refractivity contribution in [1.82, 2.24) is 9.88 Å². The highest BCUT2D eigenvalue weighted by Crippen LogP contribution is 2.37. The van der Waals surface area contributed by atoms with E-state index in [-0.39, 0.29) is 13.2 Å². The van der Waals surface area contributed by atoms with Gasteiger partial charge < -0.3 is 24.1 Å². The summed E-state index contributed by atoms with van der Waals surface area (Å²) in [7, 11) is 0. The van der Waals surface area contributed by atoms with E-state index in [0.717, 1.165) is 50.4 Å². The monoisotopic (exact) mass is 577 g/mol. The van der Waals surface area contributed by atoms with Crippen molar-refractivity contribution in [2.45, 2.75) is 33.1 Å². The van der Waals surface area contributed by atoms with E-state index in [1.165, 1.54) is 6.20 Å². The maximum absolute atomic E-state index is 11.4. The zero-order valence-electron chi connectivity index (χ0n) is 23.8. The summed E-state index contributed by atoms with van der Waals surface area (Å²) < 4.78 is 24.1. The Labute approximate surface area is 249 Å². The van der Waals surface area contributed by atoms with Crippen molar-refractivity contribution in [1.29, 1.82) is 5.26 Å². The van der Waals surface area contributed by atoms with Gasteiger partial charge in [0.15, 0.2) is 11.5 Å². The number of hydrogen-bond donors (Lipinski definition) is 1. The summed E-state index contributed by atoms with van der Waals surface area (Å²) in [5.74, 6) is 1.96. The van der Waals surface area contributed by atoms with Gasteiger partial charge in [0.25, 0.3) is 0 Å². The summed E-state index contributed by atoms with van der Waals surface area (Å²) in [6.07, 6.45) is 3.86. The smallest absolute Gasteiger partial charge is 0.317 e. The molecule has 0 saturated heterocycles. The molecule has 6 rings (SSSR count). The number of aliphatic carboxylic acids is 1. The average Bonchev–Trinajstić information content (AvgIpc) is 3.03. The first-order valence-corrected chi connectivity index (χ1v) is 14.1. The molecule has 0 aliphatic carbocycles. The number of rotatable bonds is 9. The molecule has 3 aromatic carbocycles. The second kappa shape index (κ2) is 12.4. The number of hydrogen-bond acceptors (Lipinski definition) is 8. The van der Waals surface area contributed by atoms with Crippen molar-refractivity contribution in [3.05, 3.63) is 100 Å². The minimum Gasteiger partial charge on any atom is -0.489 e. The van der Waals surface area contributed by atoms with Crippen molar-refractivity contribution in [2.24, 2.45) is 0 Å². The van der Waals surface area contributed by atoms with Crippen LogP contribution in [0.4, 0.5) is 0 Å². The molecular formula is C34H31N3O6. The van der Waals surface area contributed by atoms with E-state index in [9.17, 15) is 15.2 Å². The third-order valence-electron chi connectivity index (χ3n) is 7.72. The van der Waals surface area contributed by atoms with Crippen LogP contribution in [-0.4, -0.2) is 47.3 Å². The number of aromatic nitrogens is 1. The van der Waals surface area contributed by atoms with Gasteiger partial charge in [-0.05, 0) is 65.4 Å². The molecule has 0 radical (unpaired) electrons. The predicted octanol–water partition coefficient (Wildman–Crippen LogP) is 5.30. The molecule has 2 aliphatic heterocycles. The third kappa shape index (κ3) is 6.40. The zero-order chi connectivity index (χ0) is 29.8. The van der Waals surface area contributed by atoms with E-state index in [1.54, 1.807) is 12.3 Å². The summed E-state index contributed by atoms with van der Waals surface area (Å²) >= 11 is 0. The molecule has 0 saturated carbocycles. The molecule has 9 heteroatoms. The highest BCUT2D eigenvalue weighted by molar-refractivity contribution is 5.71. The summed E-state index contributed by atoms with van der Waals surface area (Å²) in [5.41, 5.74) is 7.56. The van der Waals surface area contributed by atoms with Crippen LogP contribution in [0.25, 0.3) is 11.1 Å². The molecule has 0 amide bonds. The predicted molar refractivity (Wildman–Crippen MR) is 158 cm³/mol. The van der Waals surface area contributed by atoms with Gasteiger partial charge >= 0.3 is 5.97 Å². The van der Waals surface area contributed by atoms with Gasteiger partial charge in [-0.3, -0.25) is 14.7 Å². The van der Waals surface area contributed by atoms with Crippen LogP contribution in [0.1, 0.15) is 33.4 Å². The molecule has 4 aromatic rings. The minimum atomic E-state index is -0.862. The maximum atomic E-state index is 11.4. The molecular weight excluding hydrogens is 546 g/mol. The lowest BCUT2D eigenvalue weighted by molar-refractivity contribution is -0.138. The number of pyridine rings is 1. The highest BCUT2D eigenvalue weighted by Gasteiger charge is 2.23. The van der Waals surface area contributed by atoms with Gasteiger partial charge in [-0.15, -0.1) is 0 Å². The summed E-state index contributed by atoms with van der Waals surface area (Å²) in [6.45, 7) is 4.82. The van der Waals surface area contributed by atoms with E-state index in [0.29, 0.717) is 56.4 Å². The highest BCUT2D eigenvalue weighted by atomic mass is 16.6. The quantitative estimate of drug-likeness (QED) is 0.283. The molecule has 0 bridgehead atoms. The van der Waals surface area contributed by atoms with Crippen LogP contribution in [-0.2, 0) is 31.0 Å². The van der Waals surface area contributed by atoms with Crippen molar-refractivity contribution in [3.8, 4) is 40.2 Å². The zero-order valence-corrected chi connectivity index (χ0v) is 23.8. The molecule has 43 heavy (non-hydrogen) atoms. The maximum Gasteiger partial charge on any atom is 0.317 e. The molecule has 0 atom stereocenters. The van der Waals surface area contributed by atoms with Gasteiger partial charge in [0, 0.05) is 42.7 Å². The fraction of sp³-hybridized carbons (Fsp3) is 0.265. The first kappa shape index (κ1) is 28.1. The fourth-order valence-corrected chi connectivity index (χ4v) is 5.51. The number of nitrogens with zero attached hydrogens (tertiary/aromatic N) is 3. The van der Waals surface area contributed by atoms with E-state index in [4.69, 9.17) is 18.9 Å². The number of benzene rings is 3. The first-order chi connectivity index (χ1) is 21.0. The topological polar surface area (TPSA) is 114 Å². The van der Waals surface area contributed by atoms with Crippen LogP contribution in [0, 0.1) is 18.3 Å². The number of fused-ring (bicyclic) bond motifs is 2. The van der Waals surface area contributed by atoms with E-state index >= 15 is 0 Å². The van der Waals surface area contributed by atoms with Gasteiger partial charge in [0.2, 0.25) is 0 Å². The fourth-order valence-electron chi connectivity index (χ4n) is 5.51. The number of carboxylic acid groups (broad SMARTS) is 1. The average molecular weight is 578 g/mol. The second-order valence-electron chi connectivity index (χ2n) is 10.6. The molecule has 9 nitrogen and oxygen atoms in total. The van der Waals surface area contributed by atoms with Crippen molar-refractivity contribution in [2.75, 3.05) is 26.3 Å². The minimum absolute atomic E-state index is 0.0374. The molecule has 0 unspecified atom stereocenters.